The third-order valence-electron chi connectivity index (χ3n) is 1.70. The molecule has 0 radical (unpaired) electrons. The van der Waals surface area contributed by atoms with Crippen LogP contribution in [0.15, 0.2) is 18.2 Å². The molecule has 0 saturated carbocycles. The predicted octanol–water partition coefficient (Wildman–Crippen LogP) is 1.71. The fourth-order valence-corrected chi connectivity index (χ4v) is 2.02. The van der Waals surface area contributed by atoms with Gasteiger partial charge in [0.2, 0.25) is 8.03 Å². The van der Waals surface area contributed by atoms with Gasteiger partial charge < -0.3 is 10.3 Å². The highest BCUT2D eigenvalue weighted by molar-refractivity contribution is 7.48. The van der Waals surface area contributed by atoms with E-state index in [4.69, 9.17) is 10.3 Å². The maximum atomic E-state index is 11.5. The molecule has 2 N–H and O–H groups in total. The maximum Gasteiger partial charge on any atom is 0.222 e. The highest BCUT2D eigenvalue weighted by Gasteiger charge is 2.06. The summed E-state index contributed by atoms with van der Waals surface area (Å²) in [5.41, 5.74) is 7.31. The highest BCUT2D eigenvalue weighted by Crippen LogP contribution is 2.24. The van der Waals surface area contributed by atoms with Crippen molar-refractivity contribution in [1.82, 2.24) is 0 Å². The van der Waals surface area contributed by atoms with E-state index < -0.39 is 8.03 Å². The van der Waals surface area contributed by atoms with Crippen LogP contribution in [0.4, 0.5) is 5.69 Å². The lowest BCUT2D eigenvalue weighted by Gasteiger charge is -2.05. The molecule has 0 amide bonds. The molecule has 13 heavy (non-hydrogen) atoms. The maximum absolute atomic E-state index is 11.5. The molecule has 0 saturated heterocycles. The monoisotopic (exact) mass is 199 g/mol. The van der Waals surface area contributed by atoms with Gasteiger partial charge in [0.25, 0.3) is 0 Å². The second-order valence-electron chi connectivity index (χ2n) is 2.81. The van der Waals surface area contributed by atoms with E-state index in [9.17, 15) is 4.57 Å². The second-order valence-corrected chi connectivity index (χ2v) is 4.21. The van der Waals surface area contributed by atoms with Crippen molar-refractivity contribution in [2.45, 2.75) is 13.8 Å². The van der Waals surface area contributed by atoms with Crippen LogP contribution in [0, 0.1) is 6.92 Å². The quantitative estimate of drug-likeness (QED) is 0.595. The minimum Gasteiger partial charge on any atom is -0.398 e. The van der Waals surface area contributed by atoms with Crippen LogP contribution >= 0.6 is 8.03 Å². The van der Waals surface area contributed by atoms with E-state index in [1.807, 2.05) is 19.9 Å². The van der Waals surface area contributed by atoms with Gasteiger partial charge in [-0.05, 0) is 31.5 Å². The lowest BCUT2D eigenvalue weighted by atomic mass is 10.2. The van der Waals surface area contributed by atoms with Gasteiger partial charge in [-0.3, -0.25) is 4.57 Å². The number of rotatable bonds is 3. The van der Waals surface area contributed by atoms with E-state index in [2.05, 4.69) is 0 Å². The Labute approximate surface area is 78.8 Å². The molecule has 3 nitrogen and oxygen atoms in total. The molecule has 1 atom stereocenters. The summed E-state index contributed by atoms with van der Waals surface area (Å²) in [5.74, 6) is 0. The van der Waals surface area contributed by atoms with Crippen molar-refractivity contribution < 1.29 is 9.09 Å². The van der Waals surface area contributed by atoms with Crippen LogP contribution in [0.25, 0.3) is 0 Å². The zero-order valence-electron chi connectivity index (χ0n) is 7.83. The Morgan fingerprint density at radius 1 is 1.54 bits per heavy atom. The average molecular weight is 199 g/mol. The van der Waals surface area contributed by atoms with E-state index in [0.29, 0.717) is 17.6 Å². The van der Waals surface area contributed by atoms with Crippen LogP contribution in [0.3, 0.4) is 0 Å². The number of nitrogen functional groups attached to an aromatic ring is 1. The van der Waals surface area contributed by atoms with E-state index in [1.54, 1.807) is 12.1 Å². The summed E-state index contributed by atoms with van der Waals surface area (Å²) < 4.78 is 16.5. The molecule has 0 aliphatic rings. The van der Waals surface area contributed by atoms with Gasteiger partial charge in [-0.15, -0.1) is 0 Å². The zero-order valence-corrected chi connectivity index (χ0v) is 8.83. The topological polar surface area (TPSA) is 52.3 Å². The number of nitrogens with two attached hydrogens (primary N) is 1. The first-order chi connectivity index (χ1) is 6.15. The molecule has 1 rings (SSSR count). The molecule has 1 aromatic carbocycles. The molecule has 0 aliphatic heterocycles. The van der Waals surface area contributed by atoms with Gasteiger partial charge in [0.1, 0.15) is 0 Å². The normalized spacial score (nSPS) is 12.8. The summed E-state index contributed by atoms with van der Waals surface area (Å²) in [4.78, 5) is 0. The summed E-state index contributed by atoms with van der Waals surface area (Å²) in [6.45, 7) is 4.20. The van der Waals surface area contributed by atoms with E-state index in [-0.39, 0.29) is 0 Å². The summed E-state index contributed by atoms with van der Waals surface area (Å²) in [6, 6.07) is 5.45. The number of hydrogen-bond acceptors (Lipinski definition) is 3. The van der Waals surface area contributed by atoms with Crippen LogP contribution in [0.5, 0.6) is 0 Å². The number of anilines is 1. The molecular formula is C9H14NO2P. The summed E-state index contributed by atoms with van der Waals surface area (Å²) >= 11 is 0. The van der Waals surface area contributed by atoms with Crippen molar-refractivity contribution in [2.24, 2.45) is 0 Å². The van der Waals surface area contributed by atoms with Crippen LogP contribution in [-0.2, 0) is 9.09 Å². The molecule has 72 valence electrons. The molecule has 1 unspecified atom stereocenters. The first kappa shape index (κ1) is 10.3. The molecule has 0 heterocycles. The van der Waals surface area contributed by atoms with Crippen molar-refractivity contribution >= 4 is 19.0 Å². The van der Waals surface area contributed by atoms with Gasteiger partial charge in [0.15, 0.2) is 0 Å². The number of hydrogen-bond donors (Lipinski definition) is 1. The van der Waals surface area contributed by atoms with Crippen molar-refractivity contribution in [3.05, 3.63) is 23.8 Å². The zero-order chi connectivity index (χ0) is 9.84. The highest BCUT2D eigenvalue weighted by atomic mass is 31.1. The van der Waals surface area contributed by atoms with Crippen LogP contribution in [0.2, 0.25) is 0 Å². The first-order valence-electron chi connectivity index (χ1n) is 4.18. The Morgan fingerprint density at radius 2 is 2.23 bits per heavy atom. The number of aryl methyl sites for hydroxylation is 1. The molecule has 0 aromatic heterocycles. The Morgan fingerprint density at radius 3 is 2.77 bits per heavy atom. The molecule has 4 heteroatoms. The molecular weight excluding hydrogens is 185 g/mol. The molecule has 0 aliphatic carbocycles. The van der Waals surface area contributed by atoms with Crippen molar-refractivity contribution in [1.29, 1.82) is 0 Å². The summed E-state index contributed by atoms with van der Waals surface area (Å²) in [5, 5.41) is 0.623. The van der Waals surface area contributed by atoms with E-state index >= 15 is 0 Å². The van der Waals surface area contributed by atoms with E-state index in [0.717, 1.165) is 5.56 Å². The van der Waals surface area contributed by atoms with Gasteiger partial charge in [-0.1, -0.05) is 6.07 Å². The molecule has 0 spiro atoms. The van der Waals surface area contributed by atoms with Gasteiger partial charge >= 0.3 is 0 Å². The molecule has 1 aromatic rings. The van der Waals surface area contributed by atoms with Crippen LogP contribution in [0.1, 0.15) is 12.5 Å². The molecule has 0 bridgehead atoms. The third-order valence-corrected chi connectivity index (χ3v) is 3.15. The summed E-state index contributed by atoms with van der Waals surface area (Å²) in [6.07, 6.45) is 0. The largest absolute Gasteiger partial charge is 0.398 e. The minimum absolute atomic E-state index is 0.450. The fraction of sp³-hybridized carbons (Fsp3) is 0.333. The van der Waals surface area contributed by atoms with Crippen LogP contribution < -0.4 is 11.0 Å². The van der Waals surface area contributed by atoms with Gasteiger partial charge in [0.05, 0.1) is 11.9 Å². The lowest BCUT2D eigenvalue weighted by molar-refractivity contribution is 0.357. The summed E-state index contributed by atoms with van der Waals surface area (Å²) in [7, 11) is -2.14. The Bertz CT molecular complexity index is 325. The first-order valence-corrected chi connectivity index (χ1v) is 5.50. The van der Waals surface area contributed by atoms with Gasteiger partial charge in [-0.2, -0.15) is 0 Å². The van der Waals surface area contributed by atoms with E-state index in [1.165, 1.54) is 0 Å². The second kappa shape index (κ2) is 4.45. The average Bonchev–Trinajstić information content (AvgIpc) is 2.04. The SMILES string of the molecule is CCO[PH](=O)c1ccc(C)cc1N. The fourth-order valence-electron chi connectivity index (χ4n) is 1.08. The Hall–Kier alpha value is -0.790. The number of benzene rings is 1. The minimum atomic E-state index is -2.14. The standard InChI is InChI=1S/C9H14NO2P/c1-3-12-13(11)9-5-4-7(2)6-8(9)10/h4-6,13H,3,10H2,1-2H3. The van der Waals surface area contributed by atoms with Gasteiger partial charge in [0, 0.05) is 5.69 Å². The van der Waals surface area contributed by atoms with Crippen molar-refractivity contribution in [2.75, 3.05) is 12.3 Å². The predicted molar refractivity (Wildman–Crippen MR) is 55.9 cm³/mol. The van der Waals surface area contributed by atoms with Gasteiger partial charge in [-0.25, -0.2) is 0 Å². The van der Waals surface area contributed by atoms with Crippen LogP contribution in [-0.4, -0.2) is 6.61 Å². The van der Waals surface area contributed by atoms with Crippen molar-refractivity contribution in [3.63, 3.8) is 0 Å². The third kappa shape index (κ3) is 2.58. The Kier molecular flexibility index (Phi) is 3.52. The smallest absolute Gasteiger partial charge is 0.222 e. The lowest BCUT2D eigenvalue weighted by Crippen LogP contribution is -2.06. The van der Waals surface area contributed by atoms with Crippen molar-refractivity contribution in [3.8, 4) is 0 Å². The Balaban J connectivity index is 2.95. The molecule has 0 fully saturated rings.